The van der Waals surface area contributed by atoms with Crippen LogP contribution in [-0.4, -0.2) is 75.5 Å². The fraction of sp³-hybridized carbons (Fsp3) is 0. The SMILES string of the molecule is O=P([O-])([O-])OOP(=O)([O-])O[O-].[Ca+2].[Ca+2]. The van der Waals surface area contributed by atoms with Gasteiger partial charge in [0.15, 0.2) is 0 Å². The van der Waals surface area contributed by atoms with E-state index in [1.165, 1.54) is 0 Å². The summed E-state index contributed by atoms with van der Waals surface area (Å²) in [5.41, 5.74) is 0. The van der Waals surface area contributed by atoms with E-state index in [-0.39, 0.29) is 75.5 Å². The number of rotatable bonds is 4. The third kappa shape index (κ3) is 14.7. The summed E-state index contributed by atoms with van der Waals surface area (Å²) in [6.45, 7) is 0. The van der Waals surface area contributed by atoms with Gasteiger partial charge in [-0.15, -0.1) is 0 Å². The van der Waals surface area contributed by atoms with Crippen LogP contribution in [0.25, 0.3) is 0 Å². The van der Waals surface area contributed by atoms with Crippen LogP contribution in [0.5, 0.6) is 0 Å². The fourth-order valence-corrected chi connectivity index (χ4v) is 0.772. The zero-order valence-electron chi connectivity index (χ0n) is 5.98. The van der Waals surface area contributed by atoms with Gasteiger partial charge in [-0.1, -0.05) is 0 Å². The summed E-state index contributed by atoms with van der Waals surface area (Å²) in [6.07, 6.45) is 0. The van der Waals surface area contributed by atoms with E-state index < -0.39 is 15.6 Å². The van der Waals surface area contributed by atoms with Crippen molar-refractivity contribution in [2.24, 2.45) is 0 Å². The van der Waals surface area contributed by atoms with Crippen molar-refractivity contribution in [3.05, 3.63) is 0 Å². The Balaban J connectivity index is -0.000000500. The van der Waals surface area contributed by atoms with Gasteiger partial charge in [-0.3, -0.25) is 4.57 Å². The van der Waals surface area contributed by atoms with Crippen molar-refractivity contribution >= 4 is 91.1 Å². The molecule has 0 aliphatic heterocycles. The maximum atomic E-state index is 9.79. The van der Waals surface area contributed by atoms with E-state index in [1.807, 2.05) is 0 Å². The molecular formula is Ca2O9P2. The van der Waals surface area contributed by atoms with E-state index in [0.29, 0.717) is 0 Å². The smallest absolute Gasteiger partial charge is 0.788 e. The second kappa shape index (κ2) is 8.81. The van der Waals surface area contributed by atoms with E-state index >= 15 is 0 Å². The molecule has 0 heterocycles. The van der Waals surface area contributed by atoms with Crippen molar-refractivity contribution in [1.82, 2.24) is 0 Å². The topological polar surface area (TPSA) is 154 Å². The van der Waals surface area contributed by atoms with Gasteiger partial charge in [-0.25, -0.2) is 0 Å². The Hall–Kier alpha value is 2.70. The van der Waals surface area contributed by atoms with Crippen LogP contribution >= 0.6 is 15.6 Å². The van der Waals surface area contributed by atoms with Gasteiger partial charge in [-0.05, 0) is 0 Å². The zero-order valence-corrected chi connectivity index (χ0v) is 12.2. The summed E-state index contributed by atoms with van der Waals surface area (Å²) < 4.78 is 27.2. The molecule has 0 saturated heterocycles. The predicted molar refractivity (Wildman–Crippen MR) is 30.0 cm³/mol. The van der Waals surface area contributed by atoms with Gasteiger partial charge in [0, 0.05) is 0 Å². The average Bonchev–Trinajstić information content (AvgIpc) is 1.83. The molecule has 1 atom stereocenters. The summed E-state index contributed by atoms with van der Waals surface area (Å²) in [5.74, 6) is 0. The Morgan fingerprint density at radius 3 is 1.54 bits per heavy atom. The number of hydrogen-bond donors (Lipinski definition) is 0. The molecule has 13 heteroatoms. The molecule has 0 fully saturated rings. The van der Waals surface area contributed by atoms with Crippen molar-refractivity contribution in [2.45, 2.75) is 0 Å². The van der Waals surface area contributed by atoms with E-state index in [9.17, 15) is 23.8 Å². The van der Waals surface area contributed by atoms with Crippen LogP contribution in [0.3, 0.4) is 0 Å². The van der Waals surface area contributed by atoms with E-state index in [4.69, 9.17) is 5.26 Å². The number of phosphoric acid groups is 2. The van der Waals surface area contributed by atoms with Crippen LogP contribution in [0.4, 0.5) is 0 Å². The first kappa shape index (κ1) is 21.0. The average molecular weight is 286 g/mol. The fourth-order valence-electron chi connectivity index (χ4n) is 0.0941. The molecule has 0 radical (unpaired) electrons. The molecule has 0 aliphatic carbocycles. The van der Waals surface area contributed by atoms with Crippen molar-refractivity contribution < 1.29 is 43.1 Å². The van der Waals surface area contributed by atoms with Gasteiger partial charge in [0.2, 0.25) is 0 Å². The van der Waals surface area contributed by atoms with Crippen molar-refractivity contribution in [3.8, 4) is 0 Å². The second-order valence-corrected chi connectivity index (χ2v) is 3.35. The van der Waals surface area contributed by atoms with Crippen LogP contribution < -0.4 is 19.9 Å². The molecule has 68 valence electrons. The Kier molecular flexibility index (Phi) is 14.2. The molecule has 0 aromatic heterocycles. The van der Waals surface area contributed by atoms with Crippen LogP contribution in [0.2, 0.25) is 0 Å². The molecule has 9 nitrogen and oxygen atoms in total. The van der Waals surface area contributed by atoms with Gasteiger partial charge < -0.3 is 29.2 Å². The van der Waals surface area contributed by atoms with Crippen LogP contribution in [0, 0.1) is 0 Å². The molecule has 0 rings (SSSR count). The molecule has 0 aromatic rings. The first-order valence-corrected chi connectivity index (χ1v) is 4.72. The molecule has 0 N–H and O–H groups in total. The minimum absolute atomic E-state index is 0. The van der Waals surface area contributed by atoms with Gasteiger partial charge in [0.1, 0.15) is 7.82 Å². The molecule has 13 heavy (non-hydrogen) atoms. The Morgan fingerprint density at radius 2 is 1.31 bits per heavy atom. The van der Waals surface area contributed by atoms with Gasteiger partial charge in [-0.2, -0.15) is 9.35 Å². The molecule has 1 unspecified atom stereocenters. The molecule has 0 aromatic carbocycles. The number of hydrogen-bond acceptors (Lipinski definition) is 9. The van der Waals surface area contributed by atoms with E-state index in [2.05, 4.69) is 14.0 Å². The largest absolute Gasteiger partial charge is 2.00 e. The summed E-state index contributed by atoms with van der Waals surface area (Å²) in [4.78, 5) is 28.8. The maximum Gasteiger partial charge on any atom is 2.00 e. The van der Waals surface area contributed by atoms with E-state index in [0.717, 1.165) is 0 Å². The Bertz CT molecular complexity index is 206. The third-order valence-electron chi connectivity index (χ3n) is 0.307. The minimum Gasteiger partial charge on any atom is -0.788 e. The summed E-state index contributed by atoms with van der Waals surface area (Å²) >= 11 is 0. The Morgan fingerprint density at radius 1 is 0.923 bits per heavy atom. The van der Waals surface area contributed by atoms with Gasteiger partial charge in [0.25, 0.3) is 7.82 Å². The van der Waals surface area contributed by atoms with E-state index in [1.54, 1.807) is 0 Å². The van der Waals surface area contributed by atoms with Gasteiger partial charge >= 0.3 is 75.5 Å². The predicted octanol–water partition coefficient (Wildman–Crippen LogP) is -4.24. The second-order valence-electron chi connectivity index (χ2n) is 1.12. The van der Waals surface area contributed by atoms with Crippen LogP contribution in [0.1, 0.15) is 0 Å². The Labute approximate surface area is 132 Å². The van der Waals surface area contributed by atoms with Crippen molar-refractivity contribution in [3.63, 3.8) is 0 Å². The molecular weight excluding hydrogens is 286 g/mol. The molecule has 0 spiro atoms. The maximum absolute atomic E-state index is 9.79. The first-order valence-electron chi connectivity index (χ1n) is 1.79. The van der Waals surface area contributed by atoms with Crippen molar-refractivity contribution in [2.75, 3.05) is 0 Å². The summed E-state index contributed by atoms with van der Waals surface area (Å²) in [7, 11) is -11.0. The van der Waals surface area contributed by atoms with Gasteiger partial charge in [0.05, 0.1) is 0 Å². The van der Waals surface area contributed by atoms with Crippen LogP contribution in [0.15, 0.2) is 0 Å². The molecule has 0 bridgehead atoms. The normalized spacial score (nSPS) is 15.1. The van der Waals surface area contributed by atoms with Crippen LogP contribution in [-0.2, 0) is 23.2 Å². The summed E-state index contributed by atoms with van der Waals surface area (Å²) in [6, 6.07) is 0. The quantitative estimate of drug-likeness (QED) is 0.216. The third-order valence-corrected chi connectivity index (χ3v) is 1.12. The minimum atomic E-state index is -5.59. The monoisotopic (exact) mass is 286 g/mol. The molecule has 0 aliphatic rings. The summed E-state index contributed by atoms with van der Waals surface area (Å²) in [5, 5.41) is 9.09. The van der Waals surface area contributed by atoms with Crippen molar-refractivity contribution in [1.29, 1.82) is 0 Å². The first-order chi connectivity index (χ1) is 4.77. The standard InChI is InChI=1S/2Ca.H4O9P2/c;;1-7-11(5,6)9-8-10(2,3)4/h;;1H,(H,5,6)(H2,2,3,4)/q2*+2;/p-4. The molecule has 0 saturated carbocycles. The molecule has 0 amide bonds. The zero-order chi connectivity index (χ0) is 9.12.